The van der Waals surface area contributed by atoms with Crippen LogP contribution in [0.15, 0.2) is 0 Å². The molecule has 1 saturated heterocycles. The first-order chi connectivity index (χ1) is 6.11. The monoisotopic (exact) mass is 184 g/mol. The third kappa shape index (κ3) is 1.93. The van der Waals surface area contributed by atoms with Gasteiger partial charge in [0.25, 0.3) is 0 Å². The van der Waals surface area contributed by atoms with Crippen molar-refractivity contribution in [1.82, 2.24) is 0 Å². The molecule has 2 nitrogen and oxygen atoms in total. The van der Waals surface area contributed by atoms with E-state index in [4.69, 9.17) is 4.74 Å². The van der Waals surface area contributed by atoms with Crippen LogP contribution >= 0.6 is 0 Å². The Kier molecular flexibility index (Phi) is 3.48. The number of hydrogen-bond acceptors (Lipinski definition) is 2. The van der Waals surface area contributed by atoms with Crippen molar-refractivity contribution in [2.75, 3.05) is 0 Å². The molecule has 0 radical (unpaired) electrons. The Labute approximate surface area is 80.7 Å². The van der Waals surface area contributed by atoms with Crippen LogP contribution in [0.3, 0.4) is 0 Å². The first-order valence-corrected chi connectivity index (χ1v) is 5.30. The van der Waals surface area contributed by atoms with Gasteiger partial charge in [-0.2, -0.15) is 0 Å². The van der Waals surface area contributed by atoms with Crippen LogP contribution in [0.2, 0.25) is 0 Å². The molecule has 0 aliphatic carbocycles. The quantitative estimate of drug-likeness (QED) is 0.658. The first-order valence-electron chi connectivity index (χ1n) is 5.30. The summed E-state index contributed by atoms with van der Waals surface area (Å²) in [5, 5.41) is 0. The first kappa shape index (κ1) is 10.7. The maximum atomic E-state index is 11.9. The third-order valence-corrected chi connectivity index (χ3v) is 3.20. The molecule has 0 bridgehead atoms. The minimum Gasteiger partial charge on any atom is -0.374 e. The second-order valence-corrected chi connectivity index (χ2v) is 3.99. The van der Waals surface area contributed by atoms with Crippen LogP contribution in [0.4, 0.5) is 0 Å². The molecule has 0 spiro atoms. The molecule has 76 valence electrons. The summed E-state index contributed by atoms with van der Waals surface area (Å²) < 4.78 is 5.80. The zero-order valence-electron chi connectivity index (χ0n) is 9.04. The molecule has 0 saturated carbocycles. The second-order valence-electron chi connectivity index (χ2n) is 3.99. The van der Waals surface area contributed by atoms with Gasteiger partial charge in [0.05, 0.1) is 12.2 Å². The van der Waals surface area contributed by atoms with Crippen LogP contribution in [0, 0.1) is 11.8 Å². The third-order valence-electron chi connectivity index (χ3n) is 3.20. The fourth-order valence-electron chi connectivity index (χ4n) is 2.09. The Balaban J connectivity index is 2.75. The average Bonchev–Trinajstić information content (AvgIpc) is 2.13. The van der Waals surface area contributed by atoms with Crippen molar-refractivity contribution in [3.63, 3.8) is 0 Å². The molecule has 1 fully saturated rings. The van der Waals surface area contributed by atoms with Gasteiger partial charge >= 0.3 is 0 Å². The highest BCUT2D eigenvalue weighted by molar-refractivity contribution is 5.84. The highest BCUT2D eigenvalue weighted by Gasteiger charge is 2.38. The van der Waals surface area contributed by atoms with Gasteiger partial charge in [-0.05, 0) is 19.8 Å². The number of carbonyl (C=O) groups is 1. The normalized spacial score (nSPS) is 40.8. The van der Waals surface area contributed by atoms with Gasteiger partial charge in [0.15, 0.2) is 0 Å². The number of rotatable bonds is 2. The number of hydrogen-bond donors (Lipinski definition) is 0. The van der Waals surface area contributed by atoms with Crippen LogP contribution in [0.25, 0.3) is 0 Å². The van der Waals surface area contributed by atoms with Gasteiger partial charge in [-0.25, -0.2) is 0 Å². The molecular weight excluding hydrogens is 164 g/mol. The summed E-state index contributed by atoms with van der Waals surface area (Å²) in [5.74, 6) is 0.608. The molecule has 4 unspecified atom stereocenters. The summed E-state index contributed by atoms with van der Waals surface area (Å²) in [4.78, 5) is 11.9. The molecule has 1 rings (SSSR count). The van der Waals surface area contributed by atoms with Gasteiger partial charge < -0.3 is 4.74 Å². The van der Waals surface area contributed by atoms with Crippen LogP contribution in [0.5, 0.6) is 0 Å². The van der Waals surface area contributed by atoms with Crippen LogP contribution in [-0.4, -0.2) is 18.0 Å². The highest BCUT2D eigenvalue weighted by atomic mass is 16.5. The van der Waals surface area contributed by atoms with E-state index < -0.39 is 0 Å². The van der Waals surface area contributed by atoms with Gasteiger partial charge in [0, 0.05) is 11.8 Å². The Morgan fingerprint density at radius 3 is 2.31 bits per heavy atom. The van der Waals surface area contributed by atoms with Crippen molar-refractivity contribution in [1.29, 1.82) is 0 Å². The van der Waals surface area contributed by atoms with Crippen LogP contribution < -0.4 is 0 Å². The van der Waals surface area contributed by atoms with Crippen molar-refractivity contribution in [3.05, 3.63) is 0 Å². The van der Waals surface area contributed by atoms with E-state index in [2.05, 4.69) is 13.8 Å². The lowest BCUT2D eigenvalue weighted by atomic mass is 9.81. The topological polar surface area (TPSA) is 26.3 Å². The molecular formula is C11H20O2. The highest BCUT2D eigenvalue weighted by Crippen LogP contribution is 2.29. The lowest BCUT2D eigenvalue weighted by Crippen LogP contribution is -2.45. The van der Waals surface area contributed by atoms with Crippen molar-refractivity contribution in [2.24, 2.45) is 11.8 Å². The number of ketones is 1. The molecule has 4 atom stereocenters. The van der Waals surface area contributed by atoms with E-state index in [9.17, 15) is 4.79 Å². The Morgan fingerprint density at radius 1 is 1.23 bits per heavy atom. The standard InChI is InChI=1S/C11H20O2/c1-5-9-10(6-2)13-8(4)7(3)11(9)12/h7-10H,5-6H2,1-4H3. The summed E-state index contributed by atoms with van der Waals surface area (Å²) in [7, 11) is 0. The number of Topliss-reactive ketones (excluding diaryl/α,β-unsaturated/α-hetero) is 1. The summed E-state index contributed by atoms with van der Waals surface area (Å²) >= 11 is 0. The van der Waals surface area contributed by atoms with E-state index in [0.29, 0.717) is 5.78 Å². The predicted octanol–water partition coefficient (Wildman–Crippen LogP) is 2.42. The molecule has 1 heterocycles. The van der Waals surface area contributed by atoms with E-state index in [1.54, 1.807) is 0 Å². The van der Waals surface area contributed by atoms with Gasteiger partial charge in [0.2, 0.25) is 0 Å². The number of carbonyl (C=O) groups excluding carboxylic acids is 1. The Bertz CT molecular complexity index is 189. The summed E-state index contributed by atoms with van der Waals surface area (Å²) in [6.07, 6.45) is 2.11. The van der Waals surface area contributed by atoms with Gasteiger partial charge in [-0.15, -0.1) is 0 Å². The van der Waals surface area contributed by atoms with E-state index >= 15 is 0 Å². The average molecular weight is 184 g/mol. The molecule has 0 aromatic heterocycles. The molecule has 0 N–H and O–H groups in total. The zero-order valence-corrected chi connectivity index (χ0v) is 9.04. The molecule has 0 aromatic carbocycles. The molecule has 2 heteroatoms. The summed E-state index contributed by atoms with van der Waals surface area (Å²) in [6, 6.07) is 0. The fraction of sp³-hybridized carbons (Fsp3) is 0.909. The molecule has 1 aliphatic heterocycles. The fourth-order valence-corrected chi connectivity index (χ4v) is 2.09. The summed E-state index contributed by atoms with van der Waals surface area (Å²) in [5.41, 5.74) is 0. The lowest BCUT2D eigenvalue weighted by Gasteiger charge is -2.37. The molecule has 1 aliphatic rings. The van der Waals surface area contributed by atoms with E-state index in [0.717, 1.165) is 12.8 Å². The summed E-state index contributed by atoms with van der Waals surface area (Å²) in [6.45, 7) is 8.12. The van der Waals surface area contributed by atoms with Gasteiger partial charge in [-0.3, -0.25) is 4.79 Å². The van der Waals surface area contributed by atoms with Crippen molar-refractivity contribution in [2.45, 2.75) is 52.7 Å². The zero-order chi connectivity index (χ0) is 10.0. The second kappa shape index (κ2) is 4.23. The largest absolute Gasteiger partial charge is 0.374 e. The van der Waals surface area contributed by atoms with Crippen molar-refractivity contribution in [3.8, 4) is 0 Å². The lowest BCUT2D eigenvalue weighted by molar-refractivity contribution is -0.155. The Morgan fingerprint density at radius 2 is 1.85 bits per heavy atom. The van der Waals surface area contributed by atoms with Crippen molar-refractivity contribution >= 4 is 5.78 Å². The molecule has 0 aromatic rings. The van der Waals surface area contributed by atoms with E-state index in [-0.39, 0.29) is 24.0 Å². The maximum absolute atomic E-state index is 11.9. The van der Waals surface area contributed by atoms with Gasteiger partial charge in [-0.1, -0.05) is 20.8 Å². The van der Waals surface area contributed by atoms with Crippen molar-refractivity contribution < 1.29 is 9.53 Å². The molecule has 13 heavy (non-hydrogen) atoms. The smallest absolute Gasteiger partial charge is 0.143 e. The maximum Gasteiger partial charge on any atom is 0.143 e. The minimum atomic E-state index is 0.0766. The van der Waals surface area contributed by atoms with Crippen LogP contribution in [-0.2, 0) is 9.53 Å². The van der Waals surface area contributed by atoms with Gasteiger partial charge in [0.1, 0.15) is 5.78 Å². The number of ether oxygens (including phenoxy) is 1. The molecule has 0 amide bonds. The minimum absolute atomic E-state index is 0.0766. The Hall–Kier alpha value is -0.370. The van der Waals surface area contributed by atoms with E-state index in [1.165, 1.54) is 0 Å². The van der Waals surface area contributed by atoms with Crippen LogP contribution in [0.1, 0.15) is 40.5 Å². The van der Waals surface area contributed by atoms with E-state index in [1.807, 2.05) is 13.8 Å². The SMILES string of the molecule is CCC1OC(C)C(C)C(=O)C1CC. The predicted molar refractivity (Wildman–Crippen MR) is 52.6 cm³/mol.